The summed E-state index contributed by atoms with van der Waals surface area (Å²) in [4.78, 5) is 14.6. The van der Waals surface area contributed by atoms with Gasteiger partial charge in [0.1, 0.15) is 11.6 Å². The lowest BCUT2D eigenvalue weighted by Gasteiger charge is -2.17. The van der Waals surface area contributed by atoms with E-state index in [-0.39, 0.29) is 17.5 Å². The van der Waals surface area contributed by atoms with Crippen molar-refractivity contribution >= 4 is 17.7 Å². The van der Waals surface area contributed by atoms with Crippen LogP contribution in [-0.2, 0) is 11.3 Å². The molecule has 0 aliphatic carbocycles. The normalized spacial score (nSPS) is 10.4. The van der Waals surface area contributed by atoms with Crippen LogP contribution in [0.25, 0.3) is 0 Å². The number of carbonyl (C=O) groups excluding carboxylic acids is 1. The van der Waals surface area contributed by atoms with Gasteiger partial charge >= 0.3 is 0 Å². The second-order valence-electron chi connectivity index (χ2n) is 4.66. The molecule has 110 valence electrons. The van der Waals surface area contributed by atoms with E-state index >= 15 is 0 Å². The van der Waals surface area contributed by atoms with E-state index in [0.717, 1.165) is 10.5 Å². The molecule has 0 bridgehead atoms. The summed E-state index contributed by atoms with van der Waals surface area (Å²) >= 11 is 1.42. The molecule has 2 rings (SSSR count). The van der Waals surface area contributed by atoms with Crippen molar-refractivity contribution < 1.29 is 14.3 Å². The number of phenols is 1. The van der Waals surface area contributed by atoms with Gasteiger partial charge in [-0.15, -0.1) is 11.8 Å². The van der Waals surface area contributed by atoms with Crippen molar-refractivity contribution in [1.82, 2.24) is 4.90 Å². The van der Waals surface area contributed by atoms with E-state index in [9.17, 15) is 14.3 Å². The third-order valence-corrected chi connectivity index (χ3v) is 3.95. The Bertz CT molecular complexity index is 599. The fourth-order valence-corrected chi connectivity index (χ4v) is 2.59. The lowest BCUT2D eigenvalue weighted by atomic mass is 10.2. The van der Waals surface area contributed by atoms with Crippen LogP contribution in [0.15, 0.2) is 53.4 Å². The molecule has 0 saturated carbocycles. The van der Waals surface area contributed by atoms with Gasteiger partial charge in [0.15, 0.2) is 0 Å². The van der Waals surface area contributed by atoms with E-state index in [1.54, 1.807) is 48.3 Å². The highest BCUT2D eigenvalue weighted by molar-refractivity contribution is 8.00. The molecule has 21 heavy (non-hydrogen) atoms. The Hall–Kier alpha value is -2.01. The van der Waals surface area contributed by atoms with E-state index in [2.05, 4.69) is 0 Å². The minimum absolute atomic E-state index is 0.00241. The lowest BCUT2D eigenvalue weighted by Crippen LogP contribution is -2.27. The molecule has 0 saturated heterocycles. The van der Waals surface area contributed by atoms with Crippen LogP contribution in [0.3, 0.4) is 0 Å². The average molecular weight is 305 g/mol. The van der Waals surface area contributed by atoms with Crippen molar-refractivity contribution in [3.05, 3.63) is 59.9 Å². The van der Waals surface area contributed by atoms with Crippen LogP contribution in [0.2, 0.25) is 0 Å². The Kier molecular flexibility index (Phi) is 5.22. The van der Waals surface area contributed by atoms with Gasteiger partial charge in [-0.05, 0) is 42.0 Å². The summed E-state index contributed by atoms with van der Waals surface area (Å²) in [6.45, 7) is 0.454. The topological polar surface area (TPSA) is 40.5 Å². The molecule has 0 aliphatic heterocycles. The zero-order valence-corrected chi connectivity index (χ0v) is 12.4. The van der Waals surface area contributed by atoms with Crippen LogP contribution in [0.1, 0.15) is 5.56 Å². The maximum Gasteiger partial charge on any atom is 0.232 e. The first-order valence-corrected chi connectivity index (χ1v) is 7.43. The Morgan fingerprint density at radius 2 is 1.76 bits per heavy atom. The second kappa shape index (κ2) is 7.13. The number of benzene rings is 2. The molecule has 0 radical (unpaired) electrons. The van der Waals surface area contributed by atoms with Crippen LogP contribution >= 0.6 is 11.8 Å². The van der Waals surface area contributed by atoms with Gasteiger partial charge in [-0.25, -0.2) is 4.39 Å². The summed E-state index contributed by atoms with van der Waals surface area (Å²) in [6.07, 6.45) is 0. The molecule has 2 aromatic carbocycles. The fourth-order valence-electron chi connectivity index (χ4n) is 1.75. The minimum Gasteiger partial charge on any atom is -0.508 e. The summed E-state index contributed by atoms with van der Waals surface area (Å²) in [6, 6.07) is 12.8. The van der Waals surface area contributed by atoms with Crippen LogP contribution in [0, 0.1) is 5.82 Å². The number of amides is 1. The van der Waals surface area contributed by atoms with Gasteiger partial charge in [-0.2, -0.15) is 0 Å². The number of hydrogen-bond acceptors (Lipinski definition) is 3. The van der Waals surface area contributed by atoms with Gasteiger partial charge in [0.05, 0.1) is 5.75 Å². The molecule has 0 fully saturated rings. The van der Waals surface area contributed by atoms with Crippen LogP contribution in [0.4, 0.5) is 4.39 Å². The van der Waals surface area contributed by atoms with Gasteiger partial charge < -0.3 is 10.0 Å². The number of rotatable bonds is 5. The van der Waals surface area contributed by atoms with Crippen LogP contribution in [-0.4, -0.2) is 28.7 Å². The summed E-state index contributed by atoms with van der Waals surface area (Å²) in [7, 11) is 1.73. The zero-order chi connectivity index (χ0) is 15.2. The predicted octanol–water partition coefficient (Wildman–Crippen LogP) is 3.28. The Labute approximate surface area is 127 Å². The first kappa shape index (κ1) is 15.4. The van der Waals surface area contributed by atoms with E-state index in [1.807, 2.05) is 0 Å². The van der Waals surface area contributed by atoms with Gasteiger partial charge in [-0.1, -0.05) is 12.1 Å². The van der Waals surface area contributed by atoms with Gasteiger partial charge in [-0.3, -0.25) is 4.79 Å². The number of hydrogen-bond donors (Lipinski definition) is 1. The van der Waals surface area contributed by atoms with Gasteiger partial charge in [0, 0.05) is 18.5 Å². The summed E-state index contributed by atoms with van der Waals surface area (Å²) in [5.41, 5.74) is 0.891. The first-order chi connectivity index (χ1) is 10.0. The monoisotopic (exact) mass is 305 g/mol. The highest BCUT2D eigenvalue weighted by atomic mass is 32.2. The number of halogens is 1. The number of carbonyl (C=O) groups is 1. The Morgan fingerprint density at radius 3 is 2.38 bits per heavy atom. The molecule has 0 unspecified atom stereocenters. The molecule has 2 aromatic rings. The Balaban J connectivity index is 1.84. The molecular weight excluding hydrogens is 289 g/mol. The van der Waals surface area contributed by atoms with E-state index in [4.69, 9.17) is 0 Å². The zero-order valence-electron chi connectivity index (χ0n) is 11.6. The maximum atomic E-state index is 12.8. The Morgan fingerprint density at radius 1 is 1.14 bits per heavy atom. The summed E-state index contributed by atoms with van der Waals surface area (Å²) in [5.74, 6) is 0.245. The van der Waals surface area contributed by atoms with Gasteiger partial charge in [0.2, 0.25) is 5.91 Å². The summed E-state index contributed by atoms with van der Waals surface area (Å²) < 4.78 is 12.8. The minimum atomic E-state index is -0.282. The van der Waals surface area contributed by atoms with Crippen molar-refractivity contribution in [2.45, 2.75) is 11.4 Å². The van der Waals surface area contributed by atoms with Crippen molar-refractivity contribution in [1.29, 1.82) is 0 Å². The number of aromatic hydroxyl groups is 1. The van der Waals surface area contributed by atoms with E-state index in [0.29, 0.717) is 12.3 Å². The van der Waals surface area contributed by atoms with Crippen molar-refractivity contribution in [3.63, 3.8) is 0 Å². The molecule has 5 heteroatoms. The maximum absolute atomic E-state index is 12.8. The molecule has 0 aliphatic rings. The quantitative estimate of drug-likeness (QED) is 0.862. The highest BCUT2D eigenvalue weighted by Crippen LogP contribution is 2.21. The SMILES string of the molecule is CN(Cc1ccc(F)cc1)C(=O)CSc1ccc(O)cc1. The largest absolute Gasteiger partial charge is 0.508 e. The molecule has 1 N–H and O–H groups in total. The average Bonchev–Trinajstić information content (AvgIpc) is 2.48. The van der Waals surface area contributed by atoms with Crippen molar-refractivity contribution in [2.24, 2.45) is 0 Å². The molecular formula is C16H16FNO2S. The van der Waals surface area contributed by atoms with E-state index in [1.165, 1.54) is 23.9 Å². The van der Waals surface area contributed by atoms with E-state index < -0.39 is 0 Å². The van der Waals surface area contributed by atoms with Crippen LogP contribution in [0.5, 0.6) is 5.75 Å². The molecule has 0 heterocycles. The van der Waals surface area contributed by atoms with Crippen molar-refractivity contribution in [2.75, 3.05) is 12.8 Å². The fraction of sp³-hybridized carbons (Fsp3) is 0.188. The number of thioether (sulfide) groups is 1. The molecule has 3 nitrogen and oxygen atoms in total. The highest BCUT2D eigenvalue weighted by Gasteiger charge is 2.10. The van der Waals surface area contributed by atoms with Gasteiger partial charge in [0.25, 0.3) is 0 Å². The lowest BCUT2D eigenvalue weighted by molar-refractivity contribution is -0.127. The molecule has 1 amide bonds. The standard InChI is InChI=1S/C16H16FNO2S/c1-18(10-12-2-4-13(17)5-3-12)16(20)11-21-15-8-6-14(19)7-9-15/h2-9,19H,10-11H2,1H3. The third kappa shape index (κ3) is 4.79. The molecule has 0 atom stereocenters. The molecule has 0 aromatic heterocycles. The first-order valence-electron chi connectivity index (χ1n) is 6.45. The number of phenolic OH excluding ortho intramolecular Hbond substituents is 1. The molecule has 0 spiro atoms. The van der Waals surface area contributed by atoms with Crippen molar-refractivity contribution in [3.8, 4) is 5.75 Å². The van der Waals surface area contributed by atoms with Crippen LogP contribution < -0.4 is 0 Å². The smallest absolute Gasteiger partial charge is 0.232 e. The second-order valence-corrected chi connectivity index (χ2v) is 5.71. The number of nitrogens with zero attached hydrogens (tertiary/aromatic N) is 1. The predicted molar refractivity (Wildman–Crippen MR) is 81.7 cm³/mol. The third-order valence-electron chi connectivity index (χ3n) is 2.96. The summed E-state index contributed by atoms with van der Waals surface area (Å²) in [5, 5.41) is 9.19.